The van der Waals surface area contributed by atoms with E-state index in [0.29, 0.717) is 6.04 Å². The van der Waals surface area contributed by atoms with Crippen LogP contribution < -0.4 is 10.6 Å². The SMILES string of the molecule is CCC(N)Cc1ccc(N(C)C2CCN(C)CC2)c(Cl)c1. The summed E-state index contributed by atoms with van der Waals surface area (Å²) in [5.74, 6) is 0. The van der Waals surface area contributed by atoms with Crippen molar-refractivity contribution in [2.45, 2.75) is 44.7 Å². The van der Waals surface area contributed by atoms with E-state index in [-0.39, 0.29) is 6.04 Å². The van der Waals surface area contributed by atoms with Gasteiger partial charge in [-0.15, -0.1) is 0 Å². The van der Waals surface area contributed by atoms with E-state index < -0.39 is 0 Å². The Labute approximate surface area is 134 Å². The zero-order chi connectivity index (χ0) is 15.4. The molecule has 4 heteroatoms. The van der Waals surface area contributed by atoms with Crippen molar-refractivity contribution in [3.05, 3.63) is 28.8 Å². The number of piperidine rings is 1. The van der Waals surface area contributed by atoms with E-state index in [4.69, 9.17) is 17.3 Å². The van der Waals surface area contributed by atoms with Crippen molar-refractivity contribution < 1.29 is 0 Å². The van der Waals surface area contributed by atoms with Crippen LogP contribution in [0, 0.1) is 0 Å². The van der Waals surface area contributed by atoms with Crippen molar-refractivity contribution in [1.82, 2.24) is 4.90 Å². The minimum Gasteiger partial charge on any atom is -0.370 e. The maximum atomic E-state index is 6.51. The number of halogens is 1. The van der Waals surface area contributed by atoms with Gasteiger partial charge in [0, 0.05) is 19.1 Å². The lowest BCUT2D eigenvalue weighted by Gasteiger charge is -2.36. The van der Waals surface area contributed by atoms with Crippen LogP contribution in [0.2, 0.25) is 5.02 Å². The van der Waals surface area contributed by atoms with Gasteiger partial charge in [-0.1, -0.05) is 24.6 Å². The van der Waals surface area contributed by atoms with Crippen LogP contribution in [0.1, 0.15) is 31.7 Å². The summed E-state index contributed by atoms with van der Waals surface area (Å²) in [7, 11) is 4.35. The second-order valence-corrected chi connectivity index (χ2v) is 6.71. The summed E-state index contributed by atoms with van der Waals surface area (Å²) in [6.45, 7) is 4.45. The molecule has 1 aromatic carbocycles. The fourth-order valence-electron chi connectivity index (χ4n) is 2.99. The monoisotopic (exact) mass is 309 g/mol. The molecular formula is C17H28ClN3. The van der Waals surface area contributed by atoms with Gasteiger partial charge in [-0.2, -0.15) is 0 Å². The molecule has 1 aliphatic rings. The third-order valence-corrected chi connectivity index (χ3v) is 4.95. The topological polar surface area (TPSA) is 32.5 Å². The zero-order valence-electron chi connectivity index (χ0n) is 13.5. The molecular weight excluding hydrogens is 282 g/mol. The first-order chi connectivity index (χ1) is 10.0. The van der Waals surface area contributed by atoms with Crippen molar-refractivity contribution in [2.75, 3.05) is 32.1 Å². The predicted molar refractivity (Wildman–Crippen MR) is 92.3 cm³/mol. The second-order valence-electron chi connectivity index (χ2n) is 6.30. The third kappa shape index (κ3) is 4.35. The molecule has 1 saturated heterocycles. The van der Waals surface area contributed by atoms with Crippen molar-refractivity contribution in [2.24, 2.45) is 5.73 Å². The number of likely N-dealkylation sites (tertiary alicyclic amines) is 1. The van der Waals surface area contributed by atoms with Crippen molar-refractivity contribution in [3.8, 4) is 0 Å². The second kappa shape index (κ2) is 7.48. The summed E-state index contributed by atoms with van der Waals surface area (Å²) in [4.78, 5) is 4.74. The molecule has 0 aromatic heterocycles. The largest absolute Gasteiger partial charge is 0.370 e. The molecule has 1 aliphatic heterocycles. The van der Waals surface area contributed by atoms with Crippen LogP contribution >= 0.6 is 11.6 Å². The van der Waals surface area contributed by atoms with Gasteiger partial charge >= 0.3 is 0 Å². The molecule has 118 valence electrons. The summed E-state index contributed by atoms with van der Waals surface area (Å²) in [5.41, 5.74) is 8.39. The van der Waals surface area contributed by atoms with Crippen molar-refractivity contribution >= 4 is 17.3 Å². The number of benzene rings is 1. The predicted octanol–water partition coefficient (Wildman–Crippen LogP) is 3.15. The lowest BCUT2D eigenvalue weighted by molar-refractivity contribution is 0.253. The van der Waals surface area contributed by atoms with Gasteiger partial charge in [0.15, 0.2) is 0 Å². The number of nitrogens with two attached hydrogens (primary N) is 1. The Morgan fingerprint density at radius 1 is 1.38 bits per heavy atom. The van der Waals surface area contributed by atoms with E-state index in [0.717, 1.165) is 36.6 Å². The summed E-state index contributed by atoms with van der Waals surface area (Å²) in [6.07, 6.45) is 4.29. The minimum atomic E-state index is 0.221. The average molecular weight is 310 g/mol. The van der Waals surface area contributed by atoms with Crippen LogP contribution in [0.25, 0.3) is 0 Å². The molecule has 1 aromatic rings. The Hall–Kier alpha value is -0.770. The highest BCUT2D eigenvalue weighted by atomic mass is 35.5. The molecule has 0 saturated carbocycles. The molecule has 3 nitrogen and oxygen atoms in total. The Morgan fingerprint density at radius 3 is 2.62 bits per heavy atom. The molecule has 21 heavy (non-hydrogen) atoms. The summed E-state index contributed by atoms with van der Waals surface area (Å²) < 4.78 is 0. The van der Waals surface area contributed by atoms with Gasteiger partial charge in [-0.05, 0) is 63.5 Å². The highest BCUT2D eigenvalue weighted by Gasteiger charge is 2.22. The molecule has 1 heterocycles. The minimum absolute atomic E-state index is 0.221. The highest BCUT2D eigenvalue weighted by Crippen LogP contribution is 2.30. The first kappa shape index (κ1) is 16.6. The third-order valence-electron chi connectivity index (χ3n) is 4.65. The van der Waals surface area contributed by atoms with Crippen LogP contribution in [-0.4, -0.2) is 44.2 Å². The van der Waals surface area contributed by atoms with Gasteiger partial charge in [0.2, 0.25) is 0 Å². The Kier molecular flexibility index (Phi) is 5.91. The van der Waals surface area contributed by atoms with Crippen LogP contribution in [0.4, 0.5) is 5.69 Å². The van der Waals surface area contributed by atoms with Crippen LogP contribution in [0.3, 0.4) is 0 Å². The summed E-state index contributed by atoms with van der Waals surface area (Å²) >= 11 is 6.51. The first-order valence-electron chi connectivity index (χ1n) is 7.96. The molecule has 2 N–H and O–H groups in total. The van der Waals surface area contributed by atoms with E-state index in [1.165, 1.54) is 18.4 Å². The van der Waals surface area contributed by atoms with Crippen molar-refractivity contribution in [1.29, 1.82) is 0 Å². The van der Waals surface area contributed by atoms with E-state index in [1.807, 2.05) is 0 Å². The van der Waals surface area contributed by atoms with E-state index in [2.05, 4.69) is 49.0 Å². The fourth-order valence-corrected chi connectivity index (χ4v) is 3.33. The average Bonchev–Trinajstić information content (AvgIpc) is 2.47. The molecule has 0 amide bonds. The molecule has 0 radical (unpaired) electrons. The maximum Gasteiger partial charge on any atom is 0.0642 e. The first-order valence-corrected chi connectivity index (χ1v) is 8.34. The number of nitrogens with zero attached hydrogens (tertiary/aromatic N) is 2. The number of rotatable bonds is 5. The zero-order valence-corrected chi connectivity index (χ0v) is 14.2. The van der Waals surface area contributed by atoms with Gasteiger partial charge in [-0.25, -0.2) is 0 Å². The Bertz CT molecular complexity index is 455. The molecule has 1 fully saturated rings. The fraction of sp³-hybridized carbons (Fsp3) is 0.647. The lowest BCUT2D eigenvalue weighted by Crippen LogP contribution is -2.42. The van der Waals surface area contributed by atoms with Crippen LogP contribution in [0.5, 0.6) is 0 Å². The lowest BCUT2D eigenvalue weighted by atomic mass is 10.0. The number of hydrogen-bond donors (Lipinski definition) is 1. The Balaban J connectivity index is 2.06. The quantitative estimate of drug-likeness (QED) is 0.907. The molecule has 0 spiro atoms. The molecule has 0 aliphatic carbocycles. The normalized spacial score (nSPS) is 18.7. The van der Waals surface area contributed by atoms with Crippen molar-refractivity contribution in [3.63, 3.8) is 0 Å². The summed E-state index contributed by atoms with van der Waals surface area (Å²) in [6, 6.07) is 7.21. The Morgan fingerprint density at radius 2 is 2.05 bits per heavy atom. The maximum absolute atomic E-state index is 6.51. The standard InChI is InChI=1S/C17H28ClN3/c1-4-14(19)11-13-5-6-17(16(18)12-13)21(3)15-7-9-20(2)10-8-15/h5-6,12,14-15H,4,7-11,19H2,1-3H3. The van der Waals surface area contributed by atoms with Gasteiger partial charge in [0.05, 0.1) is 10.7 Å². The van der Waals surface area contributed by atoms with Crippen LogP contribution in [0.15, 0.2) is 18.2 Å². The van der Waals surface area contributed by atoms with Gasteiger partial charge in [0.25, 0.3) is 0 Å². The van der Waals surface area contributed by atoms with Gasteiger partial charge in [0.1, 0.15) is 0 Å². The van der Waals surface area contributed by atoms with Gasteiger partial charge in [-0.3, -0.25) is 0 Å². The van der Waals surface area contributed by atoms with Crippen LogP contribution in [-0.2, 0) is 6.42 Å². The number of hydrogen-bond acceptors (Lipinski definition) is 3. The van der Waals surface area contributed by atoms with E-state index in [9.17, 15) is 0 Å². The number of anilines is 1. The highest BCUT2D eigenvalue weighted by molar-refractivity contribution is 6.33. The van der Waals surface area contributed by atoms with Gasteiger partial charge < -0.3 is 15.5 Å². The molecule has 1 unspecified atom stereocenters. The molecule has 0 bridgehead atoms. The molecule has 1 atom stereocenters. The van der Waals surface area contributed by atoms with E-state index in [1.54, 1.807) is 0 Å². The summed E-state index contributed by atoms with van der Waals surface area (Å²) in [5, 5.41) is 0.845. The smallest absolute Gasteiger partial charge is 0.0642 e. The molecule has 2 rings (SSSR count). The van der Waals surface area contributed by atoms with E-state index >= 15 is 0 Å².